The first-order chi connectivity index (χ1) is 7.65. The Hall–Kier alpha value is -1.55. The maximum Gasteiger partial charge on any atom is 0.115 e. The summed E-state index contributed by atoms with van der Waals surface area (Å²) in [7, 11) is 0. The molecule has 1 aromatic heterocycles. The van der Waals surface area contributed by atoms with E-state index in [1.807, 2.05) is 19.9 Å². The number of nitrogens with one attached hydrogen (secondary N) is 1. The molecule has 84 valence electrons. The number of aryl methyl sites for hydroxylation is 2. The lowest BCUT2D eigenvalue weighted by molar-refractivity contribution is 0.475. The Morgan fingerprint density at radius 1 is 1.38 bits per heavy atom. The summed E-state index contributed by atoms with van der Waals surface area (Å²) >= 11 is 1.66. The monoisotopic (exact) mass is 234 g/mol. The fourth-order valence-electron chi connectivity index (χ4n) is 1.52. The SMILES string of the molecule is Cc1nc(CNc2ccc(O)cc2C)cs1. The minimum absolute atomic E-state index is 0.299. The number of rotatable bonds is 3. The Kier molecular flexibility index (Phi) is 3.10. The van der Waals surface area contributed by atoms with E-state index in [1.165, 1.54) is 0 Å². The fraction of sp³-hybridized carbons (Fsp3) is 0.250. The zero-order valence-electron chi connectivity index (χ0n) is 9.32. The number of hydrogen-bond acceptors (Lipinski definition) is 4. The third kappa shape index (κ3) is 2.52. The van der Waals surface area contributed by atoms with Gasteiger partial charge in [0, 0.05) is 11.1 Å². The van der Waals surface area contributed by atoms with Crippen molar-refractivity contribution < 1.29 is 5.11 Å². The molecule has 0 unspecified atom stereocenters. The second-order valence-corrected chi connectivity index (χ2v) is 4.77. The molecule has 1 aromatic carbocycles. The van der Waals surface area contributed by atoms with Gasteiger partial charge in [-0.15, -0.1) is 11.3 Å². The lowest BCUT2D eigenvalue weighted by atomic mass is 10.2. The van der Waals surface area contributed by atoms with Crippen LogP contribution in [0.5, 0.6) is 5.75 Å². The molecule has 0 aliphatic rings. The third-order valence-electron chi connectivity index (χ3n) is 2.34. The van der Waals surface area contributed by atoms with Crippen molar-refractivity contribution in [3.05, 3.63) is 39.8 Å². The first-order valence-corrected chi connectivity index (χ1v) is 5.97. The van der Waals surface area contributed by atoms with Gasteiger partial charge in [0.1, 0.15) is 5.75 Å². The molecule has 0 saturated heterocycles. The quantitative estimate of drug-likeness (QED) is 0.802. The predicted octanol–water partition coefficient (Wildman–Crippen LogP) is 3.08. The number of aromatic hydroxyl groups is 1. The highest BCUT2D eigenvalue weighted by Gasteiger charge is 2.01. The van der Waals surface area contributed by atoms with Crippen LogP contribution < -0.4 is 5.32 Å². The van der Waals surface area contributed by atoms with Gasteiger partial charge in [0.25, 0.3) is 0 Å². The van der Waals surface area contributed by atoms with Crippen molar-refractivity contribution in [2.75, 3.05) is 5.32 Å². The number of phenols is 1. The Morgan fingerprint density at radius 3 is 2.81 bits per heavy atom. The molecule has 0 spiro atoms. The molecule has 2 aromatic rings. The summed E-state index contributed by atoms with van der Waals surface area (Å²) in [5.41, 5.74) is 3.12. The molecule has 0 amide bonds. The van der Waals surface area contributed by atoms with Gasteiger partial charge in [-0.2, -0.15) is 0 Å². The average molecular weight is 234 g/mol. The number of hydrogen-bond donors (Lipinski definition) is 2. The second-order valence-electron chi connectivity index (χ2n) is 3.71. The highest BCUT2D eigenvalue weighted by atomic mass is 32.1. The first-order valence-electron chi connectivity index (χ1n) is 5.09. The van der Waals surface area contributed by atoms with Crippen LogP contribution in [0.25, 0.3) is 0 Å². The van der Waals surface area contributed by atoms with Crippen LogP contribution in [0.3, 0.4) is 0 Å². The number of phenolic OH excluding ortho intramolecular Hbond substituents is 1. The third-order valence-corrected chi connectivity index (χ3v) is 3.16. The minimum atomic E-state index is 0.299. The second kappa shape index (κ2) is 4.53. The van der Waals surface area contributed by atoms with Crippen molar-refractivity contribution in [2.45, 2.75) is 20.4 Å². The molecule has 0 saturated carbocycles. The highest BCUT2D eigenvalue weighted by molar-refractivity contribution is 7.09. The zero-order valence-corrected chi connectivity index (χ0v) is 10.1. The molecule has 3 nitrogen and oxygen atoms in total. The van der Waals surface area contributed by atoms with Gasteiger partial charge in [-0.3, -0.25) is 0 Å². The van der Waals surface area contributed by atoms with Crippen molar-refractivity contribution in [1.82, 2.24) is 4.98 Å². The number of nitrogens with zero attached hydrogens (tertiary/aromatic N) is 1. The van der Waals surface area contributed by atoms with Crippen molar-refractivity contribution in [2.24, 2.45) is 0 Å². The standard InChI is InChI=1S/C12H14N2OS/c1-8-5-11(15)3-4-12(8)13-6-10-7-16-9(2)14-10/h3-5,7,13,15H,6H2,1-2H3. The van der Waals surface area contributed by atoms with Crippen molar-refractivity contribution in [1.29, 1.82) is 0 Å². The van der Waals surface area contributed by atoms with Crippen LogP contribution in [0.15, 0.2) is 23.6 Å². The van der Waals surface area contributed by atoms with Gasteiger partial charge < -0.3 is 10.4 Å². The van der Waals surface area contributed by atoms with Crippen molar-refractivity contribution in [3.8, 4) is 5.75 Å². The van der Waals surface area contributed by atoms with Gasteiger partial charge >= 0.3 is 0 Å². The summed E-state index contributed by atoms with van der Waals surface area (Å²) in [4.78, 5) is 4.38. The molecule has 0 bridgehead atoms. The molecule has 4 heteroatoms. The van der Waals surface area contributed by atoms with E-state index >= 15 is 0 Å². The van der Waals surface area contributed by atoms with Crippen molar-refractivity contribution in [3.63, 3.8) is 0 Å². The lowest BCUT2D eigenvalue weighted by Crippen LogP contribution is -2.01. The Bertz CT molecular complexity index is 494. The van der Waals surface area contributed by atoms with Crippen LogP contribution in [0.2, 0.25) is 0 Å². The van der Waals surface area contributed by atoms with Crippen LogP contribution in [0.4, 0.5) is 5.69 Å². The Balaban J connectivity index is 2.04. The molecule has 16 heavy (non-hydrogen) atoms. The summed E-state index contributed by atoms with van der Waals surface area (Å²) in [6.45, 7) is 4.68. The van der Waals surface area contributed by atoms with Crippen LogP contribution in [-0.4, -0.2) is 10.1 Å². The average Bonchev–Trinajstić information content (AvgIpc) is 2.63. The largest absolute Gasteiger partial charge is 0.508 e. The summed E-state index contributed by atoms with van der Waals surface area (Å²) < 4.78 is 0. The molecule has 0 radical (unpaired) electrons. The highest BCUT2D eigenvalue weighted by Crippen LogP contribution is 2.20. The van der Waals surface area contributed by atoms with Crippen LogP contribution in [0, 0.1) is 13.8 Å². The van der Waals surface area contributed by atoms with E-state index < -0.39 is 0 Å². The van der Waals surface area contributed by atoms with Crippen molar-refractivity contribution >= 4 is 17.0 Å². The Labute approximate surface area is 98.8 Å². The topological polar surface area (TPSA) is 45.2 Å². The minimum Gasteiger partial charge on any atom is -0.508 e. The number of anilines is 1. The fourth-order valence-corrected chi connectivity index (χ4v) is 2.13. The normalized spacial score (nSPS) is 10.4. The summed E-state index contributed by atoms with van der Waals surface area (Å²) in [5, 5.41) is 15.7. The van der Waals surface area contributed by atoms with Crippen LogP contribution in [-0.2, 0) is 6.54 Å². The number of benzene rings is 1. The molecular formula is C12H14N2OS. The summed E-state index contributed by atoms with van der Waals surface area (Å²) in [5.74, 6) is 0.299. The van der Waals surface area contributed by atoms with Gasteiger partial charge in [0.2, 0.25) is 0 Å². The summed E-state index contributed by atoms with van der Waals surface area (Å²) in [6, 6.07) is 5.31. The van der Waals surface area contributed by atoms with Gasteiger partial charge in [-0.1, -0.05) is 0 Å². The predicted molar refractivity (Wildman–Crippen MR) is 67.0 cm³/mol. The number of aromatic nitrogens is 1. The van der Waals surface area contributed by atoms with Gasteiger partial charge in [-0.25, -0.2) is 4.98 Å². The molecule has 0 aliphatic heterocycles. The molecule has 1 heterocycles. The van der Waals surface area contributed by atoms with E-state index in [1.54, 1.807) is 23.5 Å². The van der Waals surface area contributed by atoms with E-state index in [0.717, 1.165) is 28.5 Å². The smallest absolute Gasteiger partial charge is 0.115 e. The molecule has 2 rings (SSSR count). The van der Waals surface area contributed by atoms with E-state index in [0.29, 0.717) is 5.75 Å². The number of thiazole rings is 1. The summed E-state index contributed by atoms with van der Waals surface area (Å²) in [6.07, 6.45) is 0. The maximum atomic E-state index is 9.29. The van der Waals surface area contributed by atoms with Gasteiger partial charge in [0.15, 0.2) is 0 Å². The lowest BCUT2D eigenvalue weighted by Gasteiger charge is -2.08. The zero-order chi connectivity index (χ0) is 11.5. The molecule has 0 atom stereocenters. The molecule has 0 fully saturated rings. The first kappa shape index (κ1) is 11.0. The van der Waals surface area contributed by atoms with Crippen LogP contribution in [0.1, 0.15) is 16.3 Å². The molecule has 2 N–H and O–H groups in total. The van der Waals surface area contributed by atoms with Gasteiger partial charge in [0.05, 0.1) is 17.2 Å². The maximum absolute atomic E-state index is 9.29. The van der Waals surface area contributed by atoms with E-state index in [-0.39, 0.29) is 0 Å². The molecular weight excluding hydrogens is 220 g/mol. The molecule has 0 aliphatic carbocycles. The van der Waals surface area contributed by atoms with E-state index in [2.05, 4.69) is 15.7 Å². The van der Waals surface area contributed by atoms with E-state index in [4.69, 9.17) is 0 Å². The van der Waals surface area contributed by atoms with E-state index in [9.17, 15) is 5.11 Å². The van der Waals surface area contributed by atoms with Gasteiger partial charge in [-0.05, 0) is 37.6 Å². The van der Waals surface area contributed by atoms with Crippen LogP contribution >= 0.6 is 11.3 Å². The Morgan fingerprint density at radius 2 is 2.19 bits per heavy atom.